The van der Waals surface area contributed by atoms with E-state index in [0.717, 1.165) is 0 Å². The van der Waals surface area contributed by atoms with Gasteiger partial charge in [0.15, 0.2) is 6.23 Å². The molecule has 11 nitrogen and oxygen atoms in total. The molecule has 204 valence electrons. The van der Waals surface area contributed by atoms with Crippen molar-refractivity contribution in [3.05, 3.63) is 32.6 Å². The lowest BCUT2D eigenvalue weighted by molar-refractivity contribution is -0.0717. The number of H-pyrrole nitrogens is 1. The molecule has 1 saturated heterocycles. The van der Waals surface area contributed by atoms with E-state index in [2.05, 4.69) is 15.7 Å². The average molecular weight is 529 g/mol. The topological polar surface area (TPSA) is 122 Å². The molecule has 0 amide bonds. The molecule has 0 spiro atoms. The van der Waals surface area contributed by atoms with Gasteiger partial charge in [0.05, 0.1) is 31.8 Å². The zero-order chi connectivity index (χ0) is 27.9. The molecule has 1 fully saturated rings. The van der Waals surface area contributed by atoms with Gasteiger partial charge in [-0.2, -0.15) is 5.26 Å². The van der Waals surface area contributed by atoms with E-state index in [1.54, 1.807) is 13.8 Å². The Morgan fingerprint density at radius 1 is 1.25 bits per heavy atom. The van der Waals surface area contributed by atoms with Crippen LogP contribution in [0.2, 0.25) is 0 Å². The molecule has 0 aliphatic carbocycles. The summed E-state index contributed by atoms with van der Waals surface area (Å²) in [6.45, 7) is 12.6. The van der Waals surface area contributed by atoms with Crippen molar-refractivity contribution in [2.75, 3.05) is 33.9 Å². The monoisotopic (exact) mass is 528 g/mol. The molecule has 3 unspecified atom stereocenters. The third kappa shape index (κ3) is 7.93. The van der Waals surface area contributed by atoms with Gasteiger partial charge in [0.2, 0.25) is 0 Å². The highest BCUT2D eigenvalue weighted by Crippen LogP contribution is 2.50. The van der Waals surface area contributed by atoms with Crippen molar-refractivity contribution in [1.29, 1.82) is 5.26 Å². The normalized spacial score (nSPS) is 24.5. The quantitative estimate of drug-likeness (QED) is 0.287. The number of aromatic nitrogens is 2. The highest BCUT2D eigenvalue weighted by atomic mass is 31.2. The molecule has 1 aliphatic heterocycles. The molecule has 6 atom stereocenters. The summed E-state index contributed by atoms with van der Waals surface area (Å²) < 4.78 is 37.2. The first-order valence-corrected chi connectivity index (χ1v) is 13.4. The zero-order valence-electron chi connectivity index (χ0n) is 23.6. The first-order valence-electron chi connectivity index (χ1n) is 12.9. The van der Waals surface area contributed by atoms with Gasteiger partial charge in [0.1, 0.15) is 12.2 Å². The summed E-state index contributed by atoms with van der Waals surface area (Å²) in [6, 6.07) is 2.25. The fourth-order valence-corrected chi connectivity index (χ4v) is 5.75. The minimum Gasteiger partial charge on any atom is -0.369 e. The fourth-order valence-electron chi connectivity index (χ4n) is 4.00. The van der Waals surface area contributed by atoms with Crippen LogP contribution in [-0.4, -0.2) is 83.4 Å². The summed E-state index contributed by atoms with van der Waals surface area (Å²) in [5.74, 6) is 0. The van der Waals surface area contributed by atoms with Crippen molar-refractivity contribution < 1.29 is 19.9 Å². The molecule has 12 heteroatoms. The van der Waals surface area contributed by atoms with E-state index in [4.69, 9.17) is 25.2 Å². The summed E-state index contributed by atoms with van der Waals surface area (Å²) in [7, 11) is 2.20. The lowest BCUT2D eigenvalue weighted by Crippen LogP contribution is -2.42. The van der Waals surface area contributed by atoms with Crippen LogP contribution >= 0.6 is 8.53 Å². The van der Waals surface area contributed by atoms with Gasteiger partial charge in [0, 0.05) is 31.8 Å². The van der Waals surface area contributed by atoms with Gasteiger partial charge in [-0.15, -0.1) is 0 Å². The molecule has 0 aromatic carbocycles. The van der Waals surface area contributed by atoms with Gasteiger partial charge in [-0.25, -0.2) is 9.46 Å². The first-order chi connectivity index (χ1) is 17.4. The zero-order valence-corrected chi connectivity index (χ0v) is 23.5. The second kappa shape index (κ2) is 14.3. The van der Waals surface area contributed by atoms with E-state index in [-0.39, 0.29) is 25.1 Å². The first kappa shape index (κ1) is 28.9. The minimum atomic E-state index is -1.65. The van der Waals surface area contributed by atoms with E-state index in [1.807, 2.05) is 46.7 Å². The Kier molecular flexibility index (Phi) is 11.5. The third-order valence-corrected chi connectivity index (χ3v) is 7.82. The lowest BCUT2D eigenvalue weighted by atomic mass is 10.1. The molecule has 36 heavy (non-hydrogen) atoms. The molecule has 2 rings (SSSR count). The minimum absolute atomic E-state index is 0.0794. The van der Waals surface area contributed by atoms with Crippen LogP contribution in [0, 0.1) is 18.3 Å². The second-order valence-electron chi connectivity index (χ2n) is 9.56. The van der Waals surface area contributed by atoms with Crippen molar-refractivity contribution in [3.8, 4) is 6.07 Å². The summed E-state index contributed by atoms with van der Waals surface area (Å²) in [5, 5.41) is 9.04. The Labute approximate surface area is 216 Å². The summed E-state index contributed by atoms with van der Waals surface area (Å²) in [5.41, 5.74) is -0.748. The number of nitriles is 1. The Bertz CT molecular complexity index is 1000. The third-order valence-electron chi connectivity index (χ3n) is 5.70. The van der Waals surface area contributed by atoms with Crippen LogP contribution < -0.4 is 11.2 Å². The van der Waals surface area contributed by atoms with E-state index >= 15 is 0 Å². The highest BCUT2D eigenvalue weighted by molar-refractivity contribution is 7.44. The van der Waals surface area contributed by atoms with Crippen LogP contribution in [0.15, 0.2) is 15.8 Å². The number of hydrogen-bond acceptors (Lipinski definition) is 9. The number of ether oxygens (including phenoxy) is 2. The van der Waals surface area contributed by atoms with Crippen LogP contribution in [-0.2, 0) is 18.5 Å². The number of likely N-dealkylation sites (N-methyl/N-ethyl adjacent to an activating group) is 1. The van der Waals surface area contributed by atoms with E-state index in [9.17, 15) is 9.59 Å². The molecule has 0 radical (unpaired) electrons. The van der Waals surface area contributed by atoms with Gasteiger partial charge in [-0.1, -0.05) is 6.92 Å². The van der Waals surface area contributed by atoms with Crippen molar-refractivity contribution in [3.63, 3.8) is 0 Å². The standard InChI is InChI=1S/C24H42N5O6P/c1-9-19-20(35-36(33-13-10-11-25)29(16(2)3)17(4)5)21(32-14-12-27(7)8)23(34-19)28-15-18(6)22(30)26-24(28)31/h15-17,19-21,23H,9-10,12-14H2,1-8H3,(H,26,30,31)/t19-,20?,21?,23-,36?/m1/s1/i9D/t9-,19+,20?,21?,23+,36?/m0. The van der Waals surface area contributed by atoms with Crippen molar-refractivity contribution in [2.24, 2.45) is 0 Å². The Morgan fingerprint density at radius 2 is 1.92 bits per heavy atom. The molecule has 0 bridgehead atoms. The largest absolute Gasteiger partial charge is 0.369 e. The van der Waals surface area contributed by atoms with Crippen LogP contribution in [0.1, 0.15) is 60.6 Å². The number of rotatable bonds is 14. The molecule has 1 aromatic rings. The maximum Gasteiger partial charge on any atom is 0.330 e. The number of nitrogens with zero attached hydrogens (tertiary/aromatic N) is 4. The average Bonchev–Trinajstić information content (AvgIpc) is 3.13. The molecule has 1 aliphatic rings. The van der Waals surface area contributed by atoms with Crippen LogP contribution in [0.4, 0.5) is 0 Å². The molecule has 1 N–H and O–H groups in total. The second-order valence-corrected chi connectivity index (χ2v) is 11.0. The Balaban J connectivity index is 2.52. The van der Waals surface area contributed by atoms with E-state index < -0.39 is 50.7 Å². The van der Waals surface area contributed by atoms with Crippen LogP contribution in [0.25, 0.3) is 0 Å². The maximum atomic E-state index is 12.8. The van der Waals surface area contributed by atoms with Gasteiger partial charge >= 0.3 is 5.69 Å². The van der Waals surface area contributed by atoms with Gasteiger partial charge in [-0.05, 0) is 55.1 Å². The fraction of sp³-hybridized carbons (Fsp3) is 0.792. The molecule has 0 saturated carbocycles. The lowest BCUT2D eigenvalue weighted by Gasteiger charge is -2.38. The number of aromatic amines is 1. The number of hydrogen-bond donors (Lipinski definition) is 1. The van der Waals surface area contributed by atoms with Crippen molar-refractivity contribution in [2.45, 2.75) is 91.0 Å². The highest BCUT2D eigenvalue weighted by Gasteiger charge is 2.49. The smallest absolute Gasteiger partial charge is 0.330 e. The van der Waals surface area contributed by atoms with Gasteiger partial charge < -0.3 is 23.4 Å². The Hall–Kier alpha value is -1.64. The predicted molar refractivity (Wildman–Crippen MR) is 139 cm³/mol. The van der Waals surface area contributed by atoms with E-state index in [0.29, 0.717) is 18.7 Å². The Morgan fingerprint density at radius 3 is 2.47 bits per heavy atom. The van der Waals surface area contributed by atoms with Crippen molar-refractivity contribution >= 4 is 8.53 Å². The van der Waals surface area contributed by atoms with Crippen molar-refractivity contribution in [1.82, 2.24) is 19.1 Å². The van der Waals surface area contributed by atoms with Gasteiger partial charge in [-0.3, -0.25) is 14.3 Å². The maximum absolute atomic E-state index is 12.8. The van der Waals surface area contributed by atoms with E-state index in [1.165, 1.54) is 10.8 Å². The molecule has 1 aromatic heterocycles. The summed E-state index contributed by atoms with van der Waals surface area (Å²) in [4.78, 5) is 29.1. The SMILES string of the molecule is [2H][C@@H](C)[C@H]1O[C@@H](n2cc(C)c(=O)[nH]c2=O)C(OCCN(C)C)C1OP(OCCC#N)N(C(C)C)C(C)C. The number of nitrogens with one attached hydrogen (secondary N) is 1. The summed E-state index contributed by atoms with van der Waals surface area (Å²) in [6.07, 6.45) is -2.21. The summed E-state index contributed by atoms with van der Waals surface area (Å²) >= 11 is 0. The molecular weight excluding hydrogens is 485 g/mol. The van der Waals surface area contributed by atoms with Gasteiger partial charge in [0.25, 0.3) is 14.1 Å². The predicted octanol–water partition coefficient (Wildman–Crippen LogP) is 2.76. The van der Waals surface area contributed by atoms with Crippen LogP contribution in [0.5, 0.6) is 0 Å². The molecule has 2 heterocycles. The number of aryl methyl sites for hydroxylation is 1. The molecular formula is C24H42N5O6P. The van der Waals surface area contributed by atoms with Crippen LogP contribution in [0.3, 0.4) is 0 Å².